The molecule has 0 aliphatic rings. The Morgan fingerprint density at radius 3 is 2.70 bits per heavy atom. The number of aromatic nitrogens is 2. The largest absolute Gasteiger partial charge is 0.439 e. The first-order valence-electron chi connectivity index (χ1n) is 7.39. The maximum Gasteiger partial charge on any atom is 0.293 e. The summed E-state index contributed by atoms with van der Waals surface area (Å²) >= 11 is 5.89. The van der Waals surface area contributed by atoms with Gasteiger partial charge >= 0.3 is 0 Å². The van der Waals surface area contributed by atoms with E-state index in [1.165, 1.54) is 47.4 Å². The van der Waals surface area contributed by atoms with E-state index >= 15 is 0 Å². The van der Waals surface area contributed by atoms with Crippen molar-refractivity contribution in [3.63, 3.8) is 0 Å². The number of benzene rings is 1. The predicted molar refractivity (Wildman–Crippen MR) is 107 cm³/mol. The first-order valence-corrected chi connectivity index (χ1v) is 11.5. The van der Waals surface area contributed by atoms with Crippen LogP contribution in [0.1, 0.15) is 10.6 Å². The molecule has 3 rings (SSSR count). The lowest BCUT2D eigenvalue weighted by Crippen LogP contribution is -2.10. The van der Waals surface area contributed by atoms with E-state index in [0.29, 0.717) is 15.2 Å². The third-order valence-corrected chi connectivity index (χ3v) is 7.28. The number of rotatable bonds is 7. The summed E-state index contributed by atoms with van der Waals surface area (Å²) in [5, 5.41) is 10.3. The van der Waals surface area contributed by atoms with Crippen LogP contribution in [-0.4, -0.2) is 30.3 Å². The summed E-state index contributed by atoms with van der Waals surface area (Å²) in [5.74, 6) is -0.0669. The van der Waals surface area contributed by atoms with Crippen LogP contribution >= 0.6 is 39.0 Å². The molecule has 140 valence electrons. The quantitative estimate of drug-likeness (QED) is 0.303. The van der Waals surface area contributed by atoms with Crippen molar-refractivity contribution in [2.45, 2.75) is 14.3 Å². The number of halogens is 1. The molecule has 0 fully saturated rings. The molecule has 0 radical (unpaired) electrons. The Hall–Kier alpha value is -1.95. The van der Waals surface area contributed by atoms with Gasteiger partial charge in [0.05, 0.1) is 4.90 Å². The van der Waals surface area contributed by atoms with Crippen LogP contribution in [-0.2, 0) is 9.84 Å². The molecule has 7 nitrogen and oxygen atoms in total. The van der Waals surface area contributed by atoms with E-state index in [-0.39, 0.29) is 15.7 Å². The lowest BCUT2D eigenvalue weighted by molar-refractivity contribution is 0.0991. The first kappa shape index (κ1) is 19.8. The minimum atomic E-state index is -3.85. The summed E-state index contributed by atoms with van der Waals surface area (Å²) in [5.41, 5.74) is 0. The van der Waals surface area contributed by atoms with Crippen LogP contribution in [0.25, 0.3) is 0 Å². The molecule has 1 aromatic carbocycles. The van der Waals surface area contributed by atoms with Crippen molar-refractivity contribution in [3.8, 4) is 0 Å². The summed E-state index contributed by atoms with van der Waals surface area (Å²) in [6, 6.07) is 8.67. The van der Waals surface area contributed by atoms with Crippen LogP contribution in [0.15, 0.2) is 72.3 Å². The molecule has 0 spiro atoms. The van der Waals surface area contributed by atoms with Gasteiger partial charge < -0.3 is 4.42 Å². The number of nitrogens with one attached hydrogen (secondary N) is 1. The lowest BCUT2D eigenvalue weighted by atomic mass is 10.4. The number of hydrogen-bond acceptors (Lipinski definition) is 8. The summed E-state index contributed by atoms with van der Waals surface area (Å²) in [6.45, 7) is 3.62. The first-order chi connectivity index (χ1) is 12.9. The fraction of sp³-hybridized carbons (Fsp3) is 0.0625. The van der Waals surface area contributed by atoms with Gasteiger partial charge in [0.25, 0.3) is 5.91 Å². The predicted octanol–water partition coefficient (Wildman–Crippen LogP) is 4.26. The second kappa shape index (κ2) is 8.38. The van der Waals surface area contributed by atoms with Gasteiger partial charge in [0.15, 0.2) is 10.1 Å². The molecule has 2 heterocycles. The van der Waals surface area contributed by atoms with Gasteiger partial charge in [-0.2, -0.15) is 0 Å². The summed E-state index contributed by atoms with van der Waals surface area (Å²) in [4.78, 5) is 12.3. The molecule has 2 aromatic heterocycles. The minimum Gasteiger partial charge on any atom is -0.439 e. The maximum absolute atomic E-state index is 12.6. The highest BCUT2D eigenvalue weighted by molar-refractivity contribution is 9.10. The summed E-state index contributed by atoms with van der Waals surface area (Å²) < 4.78 is 31.8. The van der Waals surface area contributed by atoms with E-state index in [0.717, 1.165) is 4.47 Å². The van der Waals surface area contributed by atoms with Gasteiger partial charge in [-0.05, 0) is 36.4 Å². The van der Waals surface area contributed by atoms with Crippen molar-refractivity contribution in [1.29, 1.82) is 0 Å². The molecule has 11 heteroatoms. The van der Waals surface area contributed by atoms with Crippen molar-refractivity contribution in [2.24, 2.45) is 0 Å². The smallest absolute Gasteiger partial charge is 0.293 e. The maximum atomic E-state index is 12.6. The van der Waals surface area contributed by atoms with Gasteiger partial charge in [-0.3, -0.25) is 10.1 Å². The molecular formula is C16H12BrN3O4S3. The molecule has 0 aliphatic carbocycles. The fourth-order valence-electron chi connectivity index (χ4n) is 1.92. The molecule has 0 bridgehead atoms. The summed E-state index contributed by atoms with van der Waals surface area (Å²) in [6.07, 6.45) is 1.74. The van der Waals surface area contributed by atoms with Crippen molar-refractivity contribution in [3.05, 3.63) is 59.3 Å². The molecule has 0 saturated heterocycles. The monoisotopic (exact) mass is 485 g/mol. The number of nitrogens with zero attached hydrogens (tertiary/aromatic N) is 2. The zero-order valence-electron chi connectivity index (χ0n) is 13.6. The molecule has 0 aliphatic heterocycles. The van der Waals surface area contributed by atoms with Crippen LogP contribution in [0.3, 0.4) is 0 Å². The van der Waals surface area contributed by atoms with Crippen LogP contribution in [0.4, 0.5) is 5.13 Å². The van der Waals surface area contributed by atoms with Gasteiger partial charge in [-0.1, -0.05) is 45.1 Å². The van der Waals surface area contributed by atoms with E-state index in [9.17, 15) is 13.2 Å². The van der Waals surface area contributed by atoms with Crippen molar-refractivity contribution < 1.29 is 17.6 Å². The highest BCUT2D eigenvalue weighted by atomic mass is 79.9. The number of carbonyl (C=O) groups is 1. The zero-order valence-corrected chi connectivity index (χ0v) is 17.6. The molecule has 0 saturated carbocycles. The Morgan fingerprint density at radius 2 is 2.00 bits per heavy atom. The molecule has 1 N–H and O–H groups in total. The Bertz CT molecular complexity index is 1070. The SMILES string of the molecule is C=CCSc1nnc(NC(=O)c2ccc(S(=O)(=O)c3ccc(Br)cc3)o2)s1. The summed E-state index contributed by atoms with van der Waals surface area (Å²) in [7, 11) is -3.85. The standard InChI is InChI=1S/C16H12BrN3O4S3/c1-2-9-25-16-20-19-15(26-16)18-14(21)12-7-8-13(24-12)27(22,23)11-5-3-10(17)4-6-11/h2-8H,1,9H2,(H,18,19,21). The Labute approximate surface area is 171 Å². The zero-order chi connectivity index (χ0) is 19.4. The van der Waals surface area contributed by atoms with E-state index in [2.05, 4.69) is 38.0 Å². The van der Waals surface area contributed by atoms with E-state index < -0.39 is 15.7 Å². The van der Waals surface area contributed by atoms with E-state index in [1.54, 1.807) is 18.2 Å². The minimum absolute atomic E-state index is 0.0695. The molecule has 1 amide bonds. The van der Waals surface area contributed by atoms with Gasteiger partial charge in [-0.15, -0.1) is 16.8 Å². The Kier molecular flexibility index (Phi) is 6.15. The van der Waals surface area contributed by atoms with Gasteiger partial charge in [0, 0.05) is 10.2 Å². The van der Waals surface area contributed by atoms with Crippen LogP contribution < -0.4 is 5.32 Å². The third kappa shape index (κ3) is 4.67. The number of anilines is 1. The molecule has 27 heavy (non-hydrogen) atoms. The number of furan rings is 1. The number of carbonyl (C=O) groups excluding carboxylic acids is 1. The average molecular weight is 486 g/mol. The highest BCUT2D eigenvalue weighted by Crippen LogP contribution is 2.27. The molecule has 0 unspecified atom stereocenters. The van der Waals surface area contributed by atoms with Gasteiger partial charge in [0.1, 0.15) is 0 Å². The van der Waals surface area contributed by atoms with Crippen molar-refractivity contribution in [1.82, 2.24) is 10.2 Å². The lowest BCUT2D eigenvalue weighted by Gasteiger charge is -2.01. The number of amides is 1. The average Bonchev–Trinajstić information content (AvgIpc) is 3.30. The number of hydrogen-bond donors (Lipinski definition) is 1. The van der Waals surface area contributed by atoms with Gasteiger partial charge in [0.2, 0.25) is 20.1 Å². The molecule has 0 atom stereocenters. The second-order valence-electron chi connectivity index (χ2n) is 5.00. The fourth-order valence-corrected chi connectivity index (χ4v) is 4.87. The molecule has 3 aromatic rings. The Morgan fingerprint density at radius 1 is 1.26 bits per heavy atom. The van der Waals surface area contributed by atoms with E-state index in [4.69, 9.17) is 4.42 Å². The molecular weight excluding hydrogens is 474 g/mol. The highest BCUT2D eigenvalue weighted by Gasteiger charge is 2.24. The topological polar surface area (TPSA) is 102 Å². The van der Waals surface area contributed by atoms with Crippen LogP contribution in [0.5, 0.6) is 0 Å². The van der Waals surface area contributed by atoms with Crippen LogP contribution in [0.2, 0.25) is 0 Å². The third-order valence-electron chi connectivity index (χ3n) is 3.15. The van der Waals surface area contributed by atoms with Crippen molar-refractivity contribution >= 4 is 59.9 Å². The van der Waals surface area contributed by atoms with Crippen molar-refractivity contribution in [2.75, 3.05) is 11.1 Å². The normalized spacial score (nSPS) is 11.3. The second-order valence-corrected chi connectivity index (χ2v) is 10.0. The van der Waals surface area contributed by atoms with E-state index in [1.807, 2.05) is 0 Å². The van der Waals surface area contributed by atoms with Crippen LogP contribution in [0, 0.1) is 0 Å². The Balaban J connectivity index is 1.74. The number of sulfone groups is 1. The number of thioether (sulfide) groups is 1. The van der Waals surface area contributed by atoms with Gasteiger partial charge in [-0.25, -0.2) is 8.42 Å².